The van der Waals surface area contributed by atoms with Gasteiger partial charge in [-0.2, -0.15) is 0 Å². The van der Waals surface area contributed by atoms with Crippen LogP contribution < -0.4 is 5.32 Å². The Labute approximate surface area is 140 Å². The Kier molecular flexibility index (Phi) is 6.31. The third kappa shape index (κ3) is 5.34. The predicted octanol–water partition coefficient (Wildman–Crippen LogP) is 0.561. The lowest BCUT2D eigenvalue weighted by Crippen LogP contribution is -2.35. The number of carboxylic acid groups (broad SMARTS) is 1. The van der Waals surface area contributed by atoms with Crippen molar-refractivity contribution >= 4 is 17.8 Å². The Morgan fingerprint density at radius 3 is 2.71 bits per heavy atom. The fourth-order valence-electron chi connectivity index (χ4n) is 2.56. The lowest BCUT2D eigenvalue weighted by molar-refractivity contribution is -0.142. The minimum absolute atomic E-state index is 0.0298. The molecule has 0 aliphatic carbocycles. The fourth-order valence-corrected chi connectivity index (χ4v) is 2.56. The van der Waals surface area contributed by atoms with E-state index in [4.69, 9.17) is 9.84 Å². The van der Waals surface area contributed by atoms with Crippen molar-refractivity contribution in [3.8, 4) is 0 Å². The minimum atomic E-state index is -1.05. The number of benzene rings is 1. The number of carbonyl (C=O) groups is 3. The molecule has 2 rings (SSSR count). The third-order valence-electron chi connectivity index (χ3n) is 3.85. The number of hydrogen-bond donors (Lipinski definition) is 2. The Morgan fingerprint density at radius 1 is 1.33 bits per heavy atom. The second kappa shape index (κ2) is 8.44. The number of nitrogens with one attached hydrogen (secondary N) is 1. The molecule has 1 aliphatic heterocycles. The highest BCUT2D eigenvalue weighted by molar-refractivity contribution is 5.89. The van der Waals surface area contributed by atoms with E-state index >= 15 is 0 Å². The summed E-state index contributed by atoms with van der Waals surface area (Å²) in [7, 11) is 0. The van der Waals surface area contributed by atoms with E-state index in [0.29, 0.717) is 13.1 Å². The third-order valence-corrected chi connectivity index (χ3v) is 3.85. The Balaban J connectivity index is 1.75. The van der Waals surface area contributed by atoms with Crippen LogP contribution in [0.4, 0.5) is 0 Å². The van der Waals surface area contributed by atoms with E-state index < -0.39 is 5.97 Å². The topological polar surface area (TPSA) is 95.9 Å². The predicted molar refractivity (Wildman–Crippen MR) is 86.2 cm³/mol. The maximum atomic E-state index is 12.1. The molecule has 0 aromatic heterocycles. The number of likely N-dealkylation sites (tertiary alicyclic amines) is 1. The summed E-state index contributed by atoms with van der Waals surface area (Å²) in [6, 6.07) is 7.96. The van der Waals surface area contributed by atoms with Crippen LogP contribution >= 0.6 is 0 Å². The summed E-state index contributed by atoms with van der Waals surface area (Å²) in [5.74, 6) is -1.65. The zero-order valence-electron chi connectivity index (χ0n) is 13.7. The zero-order valence-corrected chi connectivity index (χ0v) is 13.7. The molecule has 0 radical (unpaired) electrons. The van der Waals surface area contributed by atoms with Crippen LogP contribution in [0.3, 0.4) is 0 Å². The lowest BCUT2D eigenvalue weighted by atomic mass is 10.1. The molecule has 2 amide bonds. The van der Waals surface area contributed by atoms with Crippen molar-refractivity contribution in [1.82, 2.24) is 10.2 Å². The largest absolute Gasteiger partial charge is 0.480 e. The Bertz CT molecular complexity index is 600. The van der Waals surface area contributed by atoms with Crippen LogP contribution in [-0.4, -0.2) is 54.1 Å². The smallest absolute Gasteiger partial charge is 0.329 e. The number of carbonyl (C=O) groups excluding carboxylic acids is 2. The van der Waals surface area contributed by atoms with Crippen molar-refractivity contribution in [3.63, 3.8) is 0 Å². The van der Waals surface area contributed by atoms with E-state index in [1.165, 1.54) is 0 Å². The molecule has 1 unspecified atom stereocenters. The number of rotatable bonds is 8. The van der Waals surface area contributed by atoms with Crippen LogP contribution in [0, 0.1) is 12.8 Å². The normalized spacial score (nSPS) is 17.1. The van der Waals surface area contributed by atoms with Crippen molar-refractivity contribution in [2.75, 3.05) is 26.3 Å². The highest BCUT2D eigenvalue weighted by atomic mass is 16.5. The zero-order chi connectivity index (χ0) is 17.5. The summed E-state index contributed by atoms with van der Waals surface area (Å²) in [5, 5.41) is 11.1. The summed E-state index contributed by atoms with van der Waals surface area (Å²) in [6.07, 6.45) is 0.202. The van der Waals surface area contributed by atoms with Gasteiger partial charge in [-0.3, -0.25) is 9.59 Å². The molecular formula is C17H22N2O5. The molecule has 2 N–H and O–H groups in total. The molecule has 1 saturated heterocycles. The van der Waals surface area contributed by atoms with Gasteiger partial charge in [0.05, 0.1) is 12.5 Å². The highest BCUT2D eigenvalue weighted by Crippen LogP contribution is 2.20. The molecule has 0 saturated carbocycles. The summed E-state index contributed by atoms with van der Waals surface area (Å²) >= 11 is 0. The van der Waals surface area contributed by atoms with Gasteiger partial charge in [0.1, 0.15) is 6.61 Å². The van der Waals surface area contributed by atoms with E-state index in [1.807, 2.05) is 31.2 Å². The average Bonchev–Trinajstić information content (AvgIpc) is 2.90. The highest BCUT2D eigenvalue weighted by Gasteiger charge is 2.33. The van der Waals surface area contributed by atoms with Crippen LogP contribution in [0.5, 0.6) is 0 Å². The second-order valence-corrected chi connectivity index (χ2v) is 5.90. The van der Waals surface area contributed by atoms with E-state index in [-0.39, 0.29) is 43.9 Å². The minimum Gasteiger partial charge on any atom is -0.480 e. The average molecular weight is 334 g/mol. The molecular weight excluding hydrogens is 312 g/mol. The molecule has 1 aromatic rings. The molecule has 7 heteroatoms. The van der Waals surface area contributed by atoms with Crippen LogP contribution in [-0.2, 0) is 25.7 Å². The van der Waals surface area contributed by atoms with Gasteiger partial charge in [0.15, 0.2) is 0 Å². The van der Waals surface area contributed by atoms with Gasteiger partial charge < -0.3 is 20.1 Å². The van der Waals surface area contributed by atoms with E-state index in [1.54, 1.807) is 4.90 Å². The van der Waals surface area contributed by atoms with E-state index in [9.17, 15) is 14.4 Å². The maximum absolute atomic E-state index is 12.1. The summed E-state index contributed by atoms with van der Waals surface area (Å²) in [6.45, 7) is 2.88. The molecule has 1 heterocycles. The molecule has 1 aliphatic rings. The van der Waals surface area contributed by atoms with Gasteiger partial charge in [0.25, 0.3) is 0 Å². The van der Waals surface area contributed by atoms with Crippen LogP contribution in [0.15, 0.2) is 24.3 Å². The number of aryl methyl sites for hydroxylation is 1. The molecule has 24 heavy (non-hydrogen) atoms. The summed E-state index contributed by atoms with van der Waals surface area (Å²) < 4.78 is 4.85. The van der Waals surface area contributed by atoms with Crippen molar-refractivity contribution in [3.05, 3.63) is 35.4 Å². The molecule has 1 aromatic carbocycles. The van der Waals surface area contributed by atoms with E-state index in [0.717, 1.165) is 11.1 Å². The van der Waals surface area contributed by atoms with Crippen molar-refractivity contribution in [1.29, 1.82) is 0 Å². The monoisotopic (exact) mass is 334 g/mol. The molecule has 7 nitrogen and oxygen atoms in total. The summed E-state index contributed by atoms with van der Waals surface area (Å²) in [5.41, 5.74) is 2.20. The fraction of sp³-hybridized carbons (Fsp3) is 0.471. The molecule has 130 valence electrons. The summed E-state index contributed by atoms with van der Waals surface area (Å²) in [4.78, 5) is 36.1. The Morgan fingerprint density at radius 2 is 2.04 bits per heavy atom. The van der Waals surface area contributed by atoms with Gasteiger partial charge in [-0.05, 0) is 12.5 Å². The maximum Gasteiger partial charge on any atom is 0.329 e. The number of amides is 2. The van der Waals surface area contributed by atoms with E-state index in [2.05, 4.69) is 5.32 Å². The first-order valence-electron chi connectivity index (χ1n) is 7.86. The molecule has 1 fully saturated rings. The SMILES string of the molecule is Cc1ccc(CN2CC(C(=O)NCCOCC(=O)O)CC2=O)cc1. The van der Waals surface area contributed by atoms with Crippen molar-refractivity contribution in [2.24, 2.45) is 5.92 Å². The van der Waals surface area contributed by atoms with Gasteiger partial charge >= 0.3 is 5.97 Å². The molecule has 1 atom stereocenters. The van der Waals surface area contributed by atoms with Crippen LogP contribution in [0.25, 0.3) is 0 Å². The van der Waals surface area contributed by atoms with Gasteiger partial charge in [-0.1, -0.05) is 29.8 Å². The van der Waals surface area contributed by atoms with Crippen LogP contribution in [0.2, 0.25) is 0 Å². The molecule has 0 spiro atoms. The number of hydrogen-bond acceptors (Lipinski definition) is 4. The second-order valence-electron chi connectivity index (χ2n) is 5.90. The molecule has 0 bridgehead atoms. The number of aliphatic carboxylic acids is 1. The number of carboxylic acids is 1. The lowest BCUT2D eigenvalue weighted by Gasteiger charge is -2.17. The first-order chi connectivity index (χ1) is 11.5. The van der Waals surface area contributed by atoms with Gasteiger partial charge in [-0.25, -0.2) is 4.79 Å². The van der Waals surface area contributed by atoms with Crippen LogP contribution in [0.1, 0.15) is 17.5 Å². The quantitative estimate of drug-likeness (QED) is 0.677. The van der Waals surface area contributed by atoms with Gasteiger partial charge in [0.2, 0.25) is 11.8 Å². The number of nitrogens with zero attached hydrogens (tertiary/aromatic N) is 1. The van der Waals surface area contributed by atoms with Crippen molar-refractivity contribution in [2.45, 2.75) is 19.9 Å². The Hall–Kier alpha value is -2.41. The first kappa shape index (κ1) is 17.9. The van der Waals surface area contributed by atoms with Gasteiger partial charge in [0, 0.05) is 26.1 Å². The van der Waals surface area contributed by atoms with Gasteiger partial charge in [-0.15, -0.1) is 0 Å². The number of ether oxygens (including phenoxy) is 1. The first-order valence-corrected chi connectivity index (χ1v) is 7.86. The van der Waals surface area contributed by atoms with Crippen molar-refractivity contribution < 1.29 is 24.2 Å². The standard InChI is InChI=1S/C17H22N2O5/c1-12-2-4-13(5-3-12)9-19-10-14(8-15(19)20)17(23)18-6-7-24-11-16(21)22/h2-5,14H,6-11H2,1H3,(H,18,23)(H,21,22).